The van der Waals surface area contributed by atoms with E-state index >= 15 is 0 Å². The summed E-state index contributed by atoms with van der Waals surface area (Å²) in [4.78, 5) is 27.4. The number of carbonyl (C=O) groups excluding carboxylic acids is 2. The fraction of sp³-hybridized carbons (Fsp3) is 0.562. The summed E-state index contributed by atoms with van der Waals surface area (Å²) in [6.45, 7) is 2.93. The quantitative estimate of drug-likeness (QED) is 0.640. The molecule has 136 valence electrons. The van der Waals surface area contributed by atoms with Gasteiger partial charge in [0.1, 0.15) is 0 Å². The van der Waals surface area contributed by atoms with E-state index in [-0.39, 0.29) is 36.6 Å². The molecule has 2 heterocycles. The number of carbonyl (C=O) groups is 2. The molecular formula is C16H26Cl2N4O2. The van der Waals surface area contributed by atoms with Crippen molar-refractivity contribution in [2.75, 3.05) is 19.6 Å². The second-order valence-corrected chi connectivity index (χ2v) is 5.64. The van der Waals surface area contributed by atoms with Crippen LogP contribution in [0.5, 0.6) is 0 Å². The van der Waals surface area contributed by atoms with Crippen LogP contribution >= 0.6 is 24.8 Å². The average Bonchev–Trinajstić information content (AvgIpc) is 3.05. The molecule has 0 bridgehead atoms. The fourth-order valence-corrected chi connectivity index (χ4v) is 2.49. The number of hydrogen-bond donors (Lipinski definition) is 3. The van der Waals surface area contributed by atoms with Crippen molar-refractivity contribution >= 4 is 36.6 Å². The summed E-state index contributed by atoms with van der Waals surface area (Å²) in [5.74, 6) is 0.588. The Hall–Kier alpha value is -1.37. The fourth-order valence-electron chi connectivity index (χ4n) is 2.49. The third-order valence-electron chi connectivity index (χ3n) is 3.83. The van der Waals surface area contributed by atoms with E-state index in [9.17, 15) is 9.59 Å². The summed E-state index contributed by atoms with van der Waals surface area (Å²) >= 11 is 0. The predicted octanol–water partition coefficient (Wildman–Crippen LogP) is 1.44. The minimum absolute atomic E-state index is 0. The van der Waals surface area contributed by atoms with Gasteiger partial charge in [0.2, 0.25) is 11.8 Å². The van der Waals surface area contributed by atoms with Crippen molar-refractivity contribution in [3.8, 4) is 0 Å². The molecule has 1 aliphatic heterocycles. The number of nitrogens with one attached hydrogen (secondary N) is 3. The number of amides is 2. The summed E-state index contributed by atoms with van der Waals surface area (Å²) in [5.41, 5.74) is 0.963. The van der Waals surface area contributed by atoms with Gasteiger partial charge >= 0.3 is 0 Å². The van der Waals surface area contributed by atoms with Gasteiger partial charge in [-0.3, -0.25) is 14.6 Å². The van der Waals surface area contributed by atoms with Gasteiger partial charge in [0.25, 0.3) is 0 Å². The van der Waals surface area contributed by atoms with Crippen LogP contribution in [0.25, 0.3) is 0 Å². The number of halogens is 2. The molecule has 2 amide bonds. The van der Waals surface area contributed by atoms with Crippen LogP contribution in [0.3, 0.4) is 0 Å². The van der Waals surface area contributed by atoms with Crippen molar-refractivity contribution in [1.82, 2.24) is 20.9 Å². The lowest BCUT2D eigenvalue weighted by molar-refractivity contribution is -0.122. The highest BCUT2D eigenvalue weighted by Gasteiger charge is 2.15. The molecule has 1 fully saturated rings. The van der Waals surface area contributed by atoms with Crippen molar-refractivity contribution in [3.05, 3.63) is 30.1 Å². The van der Waals surface area contributed by atoms with Gasteiger partial charge in [-0.1, -0.05) is 6.07 Å². The second-order valence-electron chi connectivity index (χ2n) is 5.64. The number of pyridine rings is 1. The average molecular weight is 377 g/mol. The van der Waals surface area contributed by atoms with E-state index in [0.717, 1.165) is 31.5 Å². The highest BCUT2D eigenvalue weighted by molar-refractivity contribution is 5.85. The summed E-state index contributed by atoms with van der Waals surface area (Å²) in [6.07, 6.45) is 6.35. The van der Waals surface area contributed by atoms with Crippen LogP contribution in [0.1, 0.15) is 31.2 Å². The number of rotatable bonds is 8. The van der Waals surface area contributed by atoms with Crippen LogP contribution in [-0.2, 0) is 16.1 Å². The molecule has 0 spiro atoms. The van der Waals surface area contributed by atoms with Crippen molar-refractivity contribution in [2.45, 2.75) is 32.2 Å². The Kier molecular flexibility index (Phi) is 12.2. The zero-order valence-corrected chi connectivity index (χ0v) is 15.3. The van der Waals surface area contributed by atoms with Crippen molar-refractivity contribution in [1.29, 1.82) is 0 Å². The number of hydrogen-bond acceptors (Lipinski definition) is 4. The molecule has 1 aromatic heterocycles. The van der Waals surface area contributed by atoms with Gasteiger partial charge in [0.05, 0.1) is 0 Å². The molecule has 1 aliphatic rings. The van der Waals surface area contributed by atoms with Gasteiger partial charge in [0, 0.05) is 38.3 Å². The summed E-state index contributed by atoms with van der Waals surface area (Å²) in [5, 5.41) is 8.91. The summed E-state index contributed by atoms with van der Waals surface area (Å²) in [7, 11) is 0. The first-order chi connectivity index (χ1) is 10.7. The van der Waals surface area contributed by atoms with Gasteiger partial charge in [-0.2, -0.15) is 0 Å². The highest BCUT2D eigenvalue weighted by Crippen LogP contribution is 2.13. The van der Waals surface area contributed by atoms with Crippen LogP contribution in [-0.4, -0.2) is 36.4 Å². The topological polar surface area (TPSA) is 83.1 Å². The molecule has 24 heavy (non-hydrogen) atoms. The van der Waals surface area contributed by atoms with Gasteiger partial charge < -0.3 is 16.0 Å². The maximum atomic E-state index is 11.7. The largest absolute Gasteiger partial charge is 0.356 e. The first-order valence-corrected chi connectivity index (χ1v) is 7.87. The van der Waals surface area contributed by atoms with E-state index in [2.05, 4.69) is 20.9 Å². The van der Waals surface area contributed by atoms with Crippen LogP contribution in [0.4, 0.5) is 0 Å². The lowest BCUT2D eigenvalue weighted by Crippen LogP contribution is -2.30. The molecular weight excluding hydrogens is 351 g/mol. The lowest BCUT2D eigenvalue weighted by atomic mass is 10.0. The highest BCUT2D eigenvalue weighted by atomic mass is 35.5. The predicted molar refractivity (Wildman–Crippen MR) is 98.4 cm³/mol. The molecule has 6 nitrogen and oxygen atoms in total. The lowest BCUT2D eigenvalue weighted by Gasteiger charge is -2.09. The van der Waals surface area contributed by atoms with Gasteiger partial charge in [-0.05, 0) is 43.5 Å². The van der Waals surface area contributed by atoms with Gasteiger partial charge in [-0.15, -0.1) is 24.8 Å². The maximum Gasteiger partial charge on any atom is 0.222 e. The molecule has 2 rings (SSSR count). The van der Waals surface area contributed by atoms with Crippen molar-refractivity contribution < 1.29 is 9.59 Å². The minimum atomic E-state index is -0.0656. The minimum Gasteiger partial charge on any atom is -0.356 e. The Morgan fingerprint density at radius 2 is 2.00 bits per heavy atom. The Morgan fingerprint density at radius 1 is 1.21 bits per heavy atom. The smallest absolute Gasteiger partial charge is 0.222 e. The normalized spacial score (nSPS) is 15.8. The van der Waals surface area contributed by atoms with Crippen LogP contribution in [0.2, 0.25) is 0 Å². The molecule has 8 heteroatoms. The molecule has 0 saturated carbocycles. The Morgan fingerprint density at radius 3 is 2.67 bits per heavy atom. The standard InChI is InChI=1S/C16H24N4O2.2ClH/c21-15(4-3-13-5-8-18-10-13)19-9-6-16(22)20-12-14-2-1-7-17-11-14;;/h1-2,7,11,13,18H,3-6,8-10,12H2,(H,19,21)(H,20,22);2*1H. The second kappa shape index (κ2) is 13.0. The SMILES string of the molecule is Cl.Cl.O=C(CCC1CCNC1)NCCC(=O)NCc1cccnc1. The van der Waals surface area contributed by atoms with Crippen LogP contribution < -0.4 is 16.0 Å². The summed E-state index contributed by atoms with van der Waals surface area (Å²) in [6, 6.07) is 3.74. The van der Waals surface area contributed by atoms with E-state index < -0.39 is 0 Å². The van der Waals surface area contributed by atoms with Gasteiger partial charge in [-0.25, -0.2) is 0 Å². The molecule has 3 N–H and O–H groups in total. The Balaban J connectivity index is 0.00000264. The van der Waals surface area contributed by atoms with Crippen LogP contribution in [0.15, 0.2) is 24.5 Å². The van der Waals surface area contributed by atoms with Gasteiger partial charge in [0.15, 0.2) is 0 Å². The summed E-state index contributed by atoms with van der Waals surface area (Å²) < 4.78 is 0. The maximum absolute atomic E-state index is 11.7. The number of nitrogens with zero attached hydrogens (tertiary/aromatic N) is 1. The third-order valence-corrected chi connectivity index (χ3v) is 3.83. The van der Waals surface area contributed by atoms with E-state index in [1.165, 1.54) is 0 Å². The molecule has 0 radical (unpaired) electrons. The zero-order chi connectivity index (χ0) is 15.6. The van der Waals surface area contributed by atoms with Crippen molar-refractivity contribution in [3.63, 3.8) is 0 Å². The molecule has 1 unspecified atom stereocenters. The first kappa shape index (κ1) is 22.6. The molecule has 0 aromatic carbocycles. The molecule has 0 aliphatic carbocycles. The van der Waals surface area contributed by atoms with E-state index in [4.69, 9.17) is 0 Å². The van der Waals surface area contributed by atoms with E-state index in [0.29, 0.717) is 31.8 Å². The van der Waals surface area contributed by atoms with Crippen LogP contribution in [0, 0.1) is 5.92 Å². The van der Waals surface area contributed by atoms with E-state index in [1.54, 1.807) is 12.4 Å². The molecule has 1 aromatic rings. The zero-order valence-electron chi connectivity index (χ0n) is 13.6. The molecule has 1 saturated heterocycles. The van der Waals surface area contributed by atoms with E-state index in [1.807, 2.05) is 12.1 Å². The monoisotopic (exact) mass is 376 g/mol. The van der Waals surface area contributed by atoms with Crippen molar-refractivity contribution in [2.24, 2.45) is 5.92 Å². The number of aromatic nitrogens is 1. The third kappa shape index (κ3) is 9.05. The molecule has 1 atom stereocenters. The first-order valence-electron chi connectivity index (χ1n) is 7.87. The Bertz CT molecular complexity index is 482. The Labute approximate surface area is 155 Å².